The van der Waals surface area contributed by atoms with Crippen molar-refractivity contribution >= 4 is 17.5 Å². The fraction of sp³-hybridized carbons (Fsp3) is 0.357. The molecular weight excluding hydrogens is 276 g/mol. The van der Waals surface area contributed by atoms with E-state index in [-0.39, 0.29) is 18.4 Å². The first-order chi connectivity index (χ1) is 9.74. The van der Waals surface area contributed by atoms with E-state index in [1.807, 2.05) is 6.20 Å². The lowest BCUT2D eigenvalue weighted by atomic mass is 9.93. The predicted octanol–water partition coefficient (Wildman–Crippen LogP) is 2.19. The largest absolute Gasteiger partial charge is 0.347 e. The van der Waals surface area contributed by atoms with E-state index >= 15 is 0 Å². The molecule has 0 aliphatic heterocycles. The minimum atomic E-state index is -0.0487. The van der Waals surface area contributed by atoms with Crippen molar-refractivity contribution in [2.24, 2.45) is 0 Å². The molecule has 6 heteroatoms. The maximum atomic E-state index is 12.1. The van der Waals surface area contributed by atoms with Gasteiger partial charge in [-0.3, -0.25) is 14.9 Å². The molecule has 0 radical (unpaired) electrons. The van der Waals surface area contributed by atoms with Crippen LogP contribution in [0.1, 0.15) is 35.7 Å². The third kappa shape index (κ3) is 2.67. The molecule has 20 heavy (non-hydrogen) atoms. The molecule has 2 aromatic heterocycles. The number of H-pyrrole nitrogens is 1. The van der Waals surface area contributed by atoms with Gasteiger partial charge in [0, 0.05) is 17.4 Å². The van der Waals surface area contributed by atoms with Crippen molar-refractivity contribution in [3.63, 3.8) is 0 Å². The first-order valence-electron chi connectivity index (χ1n) is 6.64. The first kappa shape index (κ1) is 13.1. The highest BCUT2D eigenvalue weighted by atomic mass is 35.5. The van der Waals surface area contributed by atoms with Crippen molar-refractivity contribution in [2.45, 2.75) is 31.7 Å². The first-order valence-corrected chi connectivity index (χ1v) is 7.01. The summed E-state index contributed by atoms with van der Waals surface area (Å²) in [7, 11) is 0. The molecule has 0 saturated heterocycles. The Balaban J connectivity index is 1.68. The number of nitrogens with zero attached hydrogens (tertiary/aromatic N) is 2. The van der Waals surface area contributed by atoms with Crippen molar-refractivity contribution < 1.29 is 4.79 Å². The van der Waals surface area contributed by atoms with Crippen LogP contribution in [0.2, 0.25) is 5.02 Å². The lowest BCUT2D eigenvalue weighted by Gasteiger charge is -2.23. The molecule has 1 amide bonds. The van der Waals surface area contributed by atoms with Crippen molar-refractivity contribution in [3.8, 4) is 0 Å². The Bertz CT molecular complexity index is 625. The second-order valence-corrected chi connectivity index (χ2v) is 5.37. The molecule has 0 spiro atoms. The number of hydrogen-bond donors (Lipinski definition) is 2. The number of aromatic nitrogens is 3. The highest BCUT2D eigenvalue weighted by molar-refractivity contribution is 6.31. The van der Waals surface area contributed by atoms with Gasteiger partial charge in [-0.15, -0.1) is 0 Å². The van der Waals surface area contributed by atoms with Crippen LogP contribution in [0.25, 0.3) is 0 Å². The predicted molar refractivity (Wildman–Crippen MR) is 75.4 cm³/mol. The van der Waals surface area contributed by atoms with Gasteiger partial charge >= 0.3 is 0 Å². The van der Waals surface area contributed by atoms with Gasteiger partial charge in [0.25, 0.3) is 0 Å². The zero-order valence-electron chi connectivity index (χ0n) is 10.9. The van der Waals surface area contributed by atoms with Crippen molar-refractivity contribution in [1.29, 1.82) is 0 Å². The van der Waals surface area contributed by atoms with Crippen LogP contribution in [0.4, 0.5) is 0 Å². The summed E-state index contributed by atoms with van der Waals surface area (Å²) in [5, 5.41) is 10.6. The second-order valence-electron chi connectivity index (χ2n) is 4.97. The molecule has 2 N–H and O–H groups in total. The smallest absolute Gasteiger partial charge is 0.225 e. The Morgan fingerprint density at radius 2 is 2.40 bits per heavy atom. The third-order valence-electron chi connectivity index (χ3n) is 3.57. The van der Waals surface area contributed by atoms with E-state index in [1.54, 1.807) is 18.5 Å². The highest BCUT2D eigenvalue weighted by Crippen LogP contribution is 2.27. The van der Waals surface area contributed by atoms with E-state index in [2.05, 4.69) is 20.5 Å². The summed E-state index contributed by atoms with van der Waals surface area (Å²) < 4.78 is 0. The standard InChI is InChI=1S/C14H15ClN4O/c15-11-4-5-16-7-10(11)6-13(20)18-12-3-1-2-9-8-17-19-14(9)12/h4-5,7-8,12H,1-3,6H2,(H,17,19)(H,18,20)/t12-/m0/s1. The number of pyridine rings is 1. The van der Waals surface area contributed by atoms with Crippen LogP contribution in [0.5, 0.6) is 0 Å². The molecule has 1 atom stereocenters. The number of fused-ring (bicyclic) bond motifs is 1. The third-order valence-corrected chi connectivity index (χ3v) is 3.94. The molecule has 0 bridgehead atoms. The molecule has 0 saturated carbocycles. The molecule has 104 valence electrons. The van der Waals surface area contributed by atoms with Crippen molar-refractivity contribution in [1.82, 2.24) is 20.5 Å². The van der Waals surface area contributed by atoms with Gasteiger partial charge in [-0.2, -0.15) is 5.10 Å². The van der Waals surface area contributed by atoms with Crippen LogP contribution >= 0.6 is 11.6 Å². The number of nitrogens with one attached hydrogen (secondary N) is 2. The van der Waals surface area contributed by atoms with E-state index in [9.17, 15) is 4.79 Å². The van der Waals surface area contributed by atoms with Gasteiger partial charge in [0.1, 0.15) is 0 Å². The van der Waals surface area contributed by atoms with Crippen LogP contribution in [0.15, 0.2) is 24.7 Å². The Morgan fingerprint density at radius 1 is 1.50 bits per heavy atom. The normalized spacial score (nSPS) is 17.6. The Morgan fingerprint density at radius 3 is 3.25 bits per heavy atom. The quantitative estimate of drug-likeness (QED) is 0.910. The summed E-state index contributed by atoms with van der Waals surface area (Å²) in [6.45, 7) is 0. The average Bonchev–Trinajstić information content (AvgIpc) is 2.91. The molecule has 0 unspecified atom stereocenters. The average molecular weight is 291 g/mol. The SMILES string of the molecule is O=C(Cc1cnccc1Cl)N[C@H]1CCCc2cn[nH]c21. The topological polar surface area (TPSA) is 70.7 Å². The molecule has 3 rings (SSSR count). The van der Waals surface area contributed by atoms with E-state index in [0.29, 0.717) is 5.02 Å². The lowest BCUT2D eigenvalue weighted by molar-refractivity contribution is -0.121. The molecule has 2 heterocycles. The van der Waals surface area contributed by atoms with Crippen LogP contribution < -0.4 is 5.32 Å². The van der Waals surface area contributed by atoms with Crippen LogP contribution in [0, 0.1) is 0 Å². The summed E-state index contributed by atoms with van der Waals surface area (Å²) in [6.07, 6.45) is 8.34. The summed E-state index contributed by atoms with van der Waals surface area (Å²) in [5.41, 5.74) is 2.97. The summed E-state index contributed by atoms with van der Waals surface area (Å²) in [5.74, 6) is -0.0487. The number of halogens is 1. The van der Waals surface area contributed by atoms with Gasteiger partial charge in [-0.1, -0.05) is 11.6 Å². The zero-order valence-corrected chi connectivity index (χ0v) is 11.7. The summed E-state index contributed by atoms with van der Waals surface area (Å²) in [4.78, 5) is 16.1. The Kier molecular flexibility index (Phi) is 3.69. The molecule has 0 fully saturated rings. The molecule has 2 aromatic rings. The van der Waals surface area contributed by atoms with Gasteiger partial charge < -0.3 is 5.32 Å². The highest BCUT2D eigenvalue weighted by Gasteiger charge is 2.23. The number of aromatic amines is 1. The molecular formula is C14H15ClN4O. The number of rotatable bonds is 3. The van der Waals surface area contributed by atoms with Crippen molar-refractivity contribution in [3.05, 3.63) is 46.5 Å². The minimum Gasteiger partial charge on any atom is -0.347 e. The number of amides is 1. The van der Waals surface area contributed by atoms with Crippen LogP contribution in [0.3, 0.4) is 0 Å². The zero-order chi connectivity index (χ0) is 13.9. The fourth-order valence-corrected chi connectivity index (χ4v) is 2.74. The minimum absolute atomic E-state index is 0.0178. The van der Waals surface area contributed by atoms with Gasteiger partial charge in [0.05, 0.1) is 24.4 Å². The summed E-state index contributed by atoms with van der Waals surface area (Å²) in [6, 6.07) is 1.71. The van der Waals surface area contributed by atoms with E-state index < -0.39 is 0 Å². The second kappa shape index (κ2) is 5.63. The monoisotopic (exact) mass is 290 g/mol. The van der Waals surface area contributed by atoms with Crippen molar-refractivity contribution in [2.75, 3.05) is 0 Å². The van der Waals surface area contributed by atoms with Crippen LogP contribution in [-0.4, -0.2) is 21.1 Å². The van der Waals surface area contributed by atoms with Gasteiger partial charge in [0.2, 0.25) is 5.91 Å². The fourth-order valence-electron chi connectivity index (χ4n) is 2.57. The Hall–Kier alpha value is -1.88. The number of carbonyl (C=O) groups is 1. The molecule has 0 aromatic carbocycles. The molecule has 1 aliphatic carbocycles. The van der Waals surface area contributed by atoms with Gasteiger partial charge in [-0.25, -0.2) is 0 Å². The number of carbonyl (C=O) groups excluding carboxylic acids is 1. The van der Waals surface area contributed by atoms with E-state index in [4.69, 9.17) is 11.6 Å². The number of aryl methyl sites for hydroxylation is 1. The maximum Gasteiger partial charge on any atom is 0.225 e. The van der Waals surface area contributed by atoms with Crippen LogP contribution in [-0.2, 0) is 17.6 Å². The van der Waals surface area contributed by atoms with E-state index in [1.165, 1.54) is 5.56 Å². The summed E-state index contributed by atoms with van der Waals surface area (Å²) >= 11 is 6.04. The maximum absolute atomic E-state index is 12.1. The van der Waals surface area contributed by atoms with Gasteiger partial charge in [0.15, 0.2) is 0 Å². The van der Waals surface area contributed by atoms with E-state index in [0.717, 1.165) is 30.5 Å². The lowest BCUT2D eigenvalue weighted by Crippen LogP contribution is -2.32. The Labute approximate surface area is 121 Å². The molecule has 1 aliphatic rings. The molecule has 5 nitrogen and oxygen atoms in total. The van der Waals surface area contributed by atoms with Gasteiger partial charge in [-0.05, 0) is 36.5 Å². The number of hydrogen-bond acceptors (Lipinski definition) is 3.